The van der Waals surface area contributed by atoms with Gasteiger partial charge in [-0.2, -0.15) is 5.10 Å². The Morgan fingerprint density at radius 1 is 0.907 bits per heavy atom. The SMILES string of the molecule is NC(=O)c1c(-c2ccc(Oc3ccccc3)cc2)nn2c1NCCC2C1CCN(C(=O)CCSc2cccc3c2CN(C2CCC(=O)NC2=O)C3=O)CC1. The minimum Gasteiger partial charge on any atom is -0.457 e. The number of nitrogens with one attached hydrogen (secondary N) is 2. The van der Waals surface area contributed by atoms with Gasteiger partial charge in [-0.05, 0) is 85.7 Å². The molecule has 278 valence electrons. The number of piperidine rings is 2. The normalized spacial score (nSPS) is 19.9. The number of nitrogens with two attached hydrogens (primary N) is 1. The zero-order chi connectivity index (χ0) is 37.3. The average Bonchev–Trinajstić information content (AvgIpc) is 3.74. The van der Waals surface area contributed by atoms with Crippen LogP contribution in [0.4, 0.5) is 5.82 Å². The Labute approximate surface area is 316 Å². The number of fused-ring (bicyclic) bond motifs is 2. The molecule has 8 rings (SSSR count). The number of benzene rings is 3. The molecule has 4 aliphatic rings. The summed E-state index contributed by atoms with van der Waals surface area (Å²) in [6, 6.07) is 22.0. The molecule has 0 bridgehead atoms. The standard InChI is InChI=1S/C40H41N7O6S/c41-37(50)35-36(25-9-11-27(12-10-25)53-26-5-2-1-3-6-26)44-47-30(15-19-42-38(35)47)24-16-20-45(21-17-24)34(49)18-22-54-32-8-4-7-28-29(32)23-46(40(28)52)31-13-14-33(48)43-39(31)51/h1-12,24,30-31,42H,13-23H2,(H2,41,50)(H,43,48,51). The number of aromatic nitrogens is 2. The van der Waals surface area contributed by atoms with E-state index in [1.54, 1.807) is 22.7 Å². The maximum absolute atomic E-state index is 13.4. The molecule has 1 aromatic heterocycles. The second-order valence-corrected chi connectivity index (χ2v) is 15.2. The van der Waals surface area contributed by atoms with Crippen molar-refractivity contribution in [1.29, 1.82) is 0 Å². The fourth-order valence-corrected chi connectivity index (χ4v) is 9.13. The van der Waals surface area contributed by atoms with Crippen LogP contribution in [0.15, 0.2) is 77.7 Å². The summed E-state index contributed by atoms with van der Waals surface area (Å²) in [4.78, 5) is 67.9. The molecule has 13 nitrogen and oxygen atoms in total. The van der Waals surface area contributed by atoms with Crippen molar-refractivity contribution in [1.82, 2.24) is 24.9 Å². The van der Waals surface area contributed by atoms with Crippen LogP contribution < -0.4 is 21.1 Å². The van der Waals surface area contributed by atoms with Crippen molar-refractivity contribution < 1.29 is 28.7 Å². The lowest BCUT2D eigenvalue weighted by atomic mass is 9.86. The van der Waals surface area contributed by atoms with Crippen molar-refractivity contribution in [2.75, 3.05) is 30.7 Å². The highest BCUT2D eigenvalue weighted by atomic mass is 32.2. The Kier molecular flexibility index (Phi) is 9.84. The monoisotopic (exact) mass is 747 g/mol. The number of likely N-dealkylation sites (tertiary alicyclic amines) is 1. The highest BCUT2D eigenvalue weighted by molar-refractivity contribution is 7.99. The maximum atomic E-state index is 13.4. The van der Waals surface area contributed by atoms with Crippen molar-refractivity contribution in [2.24, 2.45) is 11.7 Å². The van der Waals surface area contributed by atoms with Crippen LogP contribution in [0.3, 0.4) is 0 Å². The van der Waals surface area contributed by atoms with Gasteiger partial charge in [-0.25, -0.2) is 4.68 Å². The number of anilines is 1. The molecule has 4 aromatic rings. The molecule has 3 aromatic carbocycles. The topological polar surface area (TPSA) is 169 Å². The first-order valence-electron chi connectivity index (χ1n) is 18.4. The van der Waals surface area contributed by atoms with Crippen LogP contribution in [-0.2, 0) is 20.9 Å². The number of thioether (sulfide) groups is 1. The molecular weight excluding hydrogens is 707 g/mol. The van der Waals surface area contributed by atoms with Crippen molar-refractivity contribution in [3.63, 3.8) is 0 Å². The second kappa shape index (κ2) is 15.0. The summed E-state index contributed by atoms with van der Waals surface area (Å²) in [5.74, 6) is 1.48. The summed E-state index contributed by atoms with van der Waals surface area (Å²) in [5.41, 5.74) is 9.04. The van der Waals surface area contributed by atoms with Crippen LogP contribution in [0.2, 0.25) is 0 Å². The second-order valence-electron chi connectivity index (χ2n) is 14.1. The Bertz CT molecular complexity index is 2110. The third-order valence-corrected chi connectivity index (χ3v) is 12.0. The summed E-state index contributed by atoms with van der Waals surface area (Å²) in [7, 11) is 0. The van der Waals surface area contributed by atoms with Crippen molar-refractivity contribution in [3.8, 4) is 22.8 Å². The first kappa shape index (κ1) is 35.4. The number of para-hydroxylation sites is 1. The number of carbonyl (C=O) groups is 5. The Morgan fingerprint density at radius 3 is 2.41 bits per heavy atom. The van der Waals surface area contributed by atoms with Crippen molar-refractivity contribution >= 4 is 47.1 Å². The van der Waals surface area contributed by atoms with E-state index in [1.165, 1.54) is 0 Å². The van der Waals surface area contributed by atoms with Gasteiger partial charge >= 0.3 is 0 Å². The first-order valence-corrected chi connectivity index (χ1v) is 19.4. The van der Waals surface area contributed by atoms with Gasteiger partial charge in [-0.3, -0.25) is 29.3 Å². The molecule has 5 amide bonds. The molecule has 2 fully saturated rings. The zero-order valence-corrected chi connectivity index (χ0v) is 30.5. The lowest BCUT2D eigenvalue weighted by Gasteiger charge is -2.38. The van der Waals surface area contributed by atoms with Crippen LogP contribution >= 0.6 is 11.8 Å². The van der Waals surface area contributed by atoms with Crippen LogP contribution in [-0.4, -0.2) is 80.5 Å². The van der Waals surface area contributed by atoms with E-state index in [0.29, 0.717) is 73.2 Å². The molecule has 2 atom stereocenters. The minimum absolute atomic E-state index is 0.0595. The molecule has 0 saturated carbocycles. The molecule has 0 radical (unpaired) electrons. The van der Waals surface area contributed by atoms with Crippen LogP contribution in [0.5, 0.6) is 11.5 Å². The lowest BCUT2D eigenvalue weighted by Crippen LogP contribution is -2.52. The van der Waals surface area contributed by atoms with Gasteiger partial charge in [-0.1, -0.05) is 24.3 Å². The van der Waals surface area contributed by atoms with E-state index in [4.69, 9.17) is 15.6 Å². The summed E-state index contributed by atoms with van der Waals surface area (Å²) in [6.07, 6.45) is 3.37. The molecule has 2 unspecified atom stereocenters. The minimum atomic E-state index is -0.666. The van der Waals surface area contributed by atoms with Gasteiger partial charge in [0.25, 0.3) is 11.8 Å². The van der Waals surface area contributed by atoms with Gasteiger partial charge in [0.05, 0.1) is 6.04 Å². The number of hydrogen-bond acceptors (Lipinski definition) is 9. The van der Waals surface area contributed by atoms with E-state index in [2.05, 4.69) is 10.6 Å². The predicted octanol–water partition coefficient (Wildman–Crippen LogP) is 4.98. The summed E-state index contributed by atoms with van der Waals surface area (Å²) >= 11 is 1.55. The van der Waals surface area contributed by atoms with Crippen LogP contribution in [0.25, 0.3) is 11.3 Å². The number of carbonyl (C=O) groups excluding carboxylic acids is 5. The van der Waals surface area contributed by atoms with E-state index in [0.717, 1.165) is 41.0 Å². The van der Waals surface area contributed by atoms with Gasteiger partial charge in [0, 0.05) is 60.8 Å². The quantitative estimate of drug-likeness (QED) is 0.150. The summed E-state index contributed by atoms with van der Waals surface area (Å²) in [5, 5.41) is 10.7. The Morgan fingerprint density at radius 2 is 1.67 bits per heavy atom. The smallest absolute Gasteiger partial charge is 0.255 e. The maximum Gasteiger partial charge on any atom is 0.255 e. The highest BCUT2D eigenvalue weighted by Gasteiger charge is 2.40. The number of rotatable bonds is 10. The number of primary amides is 1. The Balaban J connectivity index is 0.877. The third-order valence-electron chi connectivity index (χ3n) is 10.9. The van der Waals surface area contributed by atoms with Gasteiger partial charge in [0.15, 0.2) is 0 Å². The molecule has 0 aliphatic carbocycles. The van der Waals surface area contributed by atoms with E-state index in [-0.39, 0.29) is 36.1 Å². The number of nitrogens with zero attached hydrogens (tertiary/aromatic N) is 4. The van der Waals surface area contributed by atoms with E-state index >= 15 is 0 Å². The molecule has 4 N–H and O–H groups in total. The van der Waals surface area contributed by atoms with Crippen LogP contribution in [0, 0.1) is 5.92 Å². The van der Waals surface area contributed by atoms with Gasteiger partial charge in [-0.15, -0.1) is 11.8 Å². The molecule has 4 aliphatic heterocycles. The number of amides is 5. The van der Waals surface area contributed by atoms with Gasteiger partial charge < -0.3 is 25.6 Å². The molecule has 54 heavy (non-hydrogen) atoms. The fraction of sp³-hybridized carbons (Fsp3) is 0.350. The first-order chi connectivity index (χ1) is 26.2. The van der Waals surface area contributed by atoms with Gasteiger partial charge in [0.1, 0.15) is 34.6 Å². The van der Waals surface area contributed by atoms with Gasteiger partial charge in [0.2, 0.25) is 17.7 Å². The number of ether oxygens (including phenoxy) is 1. The van der Waals surface area contributed by atoms with Crippen LogP contribution in [0.1, 0.15) is 70.8 Å². The van der Waals surface area contributed by atoms with Crippen molar-refractivity contribution in [2.45, 2.75) is 62.0 Å². The summed E-state index contributed by atoms with van der Waals surface area (Å²) in [6.45, 7) is 2.28. The third kappa shape index (κ3) is 6.93. The summed E-state index contributed by atoms with van der Waals surface area (Å²) < 4.78 is 7.89. The molecule has 2 saturated heterocycles. The molecular formula is C40H41N7O6S. The molecule has 14 heteroatoms. The molecule has 5 heterocycles. The highest BCUT2D eigenvalue weighted by Crippen LogP contribution is 2.41. The average molecular weight is 748 g/mol. The fourth-order valence-electron chi connectivity index (χ4n) is 8.11. The lowest BCUT2D eigenvalue weighted by molar-refractivity contribution is -0.137. The Hall–Kier alpha value is -5.63. The van der Waals surface area contributed by atoms with E-state index < -0.39 is 17.9 Å². The molecule has 0 spiro atoms. The number of hydrogen-bond donors (Lipinski definition) is 3. The zero-order valence-electron chi connectivity index (χ0n) is 29.7. The van der Waals surface area contributed by atoms with Crippen molar-refractivity contribution in [3.05, 3.63) is 89.5 Å². The largest absolute Gasteiger partial charge is 0.457 e. The predicted molar refractivity (Wildman–Crippen MR) is 202 cm³/mol. The number of imide groups is 1. The van der Waals surface area contributed by atoms with E-state index in [9.17, 15) is 24.0 Å². The van der Waals surface area contributed by atoms with E-state index in [1.807, 2.05) is 76.3 Å².